The molecule has 0 N–H and O–H groups in total. The Hall–Kier alpha value is -6.06. The molecule has 0 amide bonds. The minimum absolute atomic E-state index is 0.109. The number of hydrogen-bond donors (Lipinski definition) is 0. The summed E-state index contributed by atoms with van der Waals surface area (Å²) < 4.78 is 4.97. The van der Waals surface area contributed by atoms with Crippen molar-refractivity contribution < 1.29 is 0 Å². The molecule has 3 heteroatoms. The van der Waals surface area contributed by atoms with Crippen molar-refractivity contribution in [3.05, 3.63) is 180 Å². The first kappa shape index (κ1) is 28.9. The van der Waals surface area contributed by atoms with Gasteiger partial charge < -0.3 is 4.90 Å². The quantitative estimate of drug-likeness (QED) is 0.182. The fourth-order valence-electron chi connectivity index (χ4n) is 8.61. The first-order valence-electron chi connectivity index (χ1n) is 17.7. The first-order chi connectivity index (χ1) is 24.6. The zero-order valence-electron chi connectivity index (χ0n) is 28.3. The van der Waals surface area contributed by atoms with E-state index in [1.54, 1.807) is 0 Å². The second kappa shape index (κ2) is 11.0. The van der Waals surface area contributed by atoms with Crippen molar-refractivity contribution in [3.8, 4) is 27.9 Å². The van der Waals surface area contributed by atoms with Gasteiger partial charge in [-0.3, -0.25) is 8.97 Å². The molecule has 0 spiro atoms. The third kappa shape index (κ3) is 4.16. The summed E-state index contributed by atoms with van der Waals surface area (Å²) in [4.78, 5) is 2.54. The fraction of sp³-hybridized carbons (Fsp3) is 0.106. The summed E-state index contributed by atoms with van der Waals surface area (Å²) in [6.07, 6.45) is 6.67. The summed E-state index contributed by atoms with van der Waals surface area (Å²) in [6, 6.07) is 55.6. The zero-order valence-corrected chi connectivity index (χ0v) is 28.3. The van der Waals surface area contributed by atoms with Crippen LogP contribution >= 0.6 is 0 Å². The SMILES string of the molecule is CC1(C)c2ccccc2-c2ccc(N(c3ccc(-c4ccccc4)cc3)c3c4c(n5c6ccccc6n(-c6ccccc6)c35)C=CCC4)cc21. The summed E-state index contributed by atoms with van der Waals surface area (Å²) >= 11 is 0. The standard InChI is InChI=1S/C47H37N3/c1-47(2)40-21-11-9-19-37(40)38-30-29-36(31-41(38)47)48(35-27-25-33(26-28-35)32-15-5-3-6-16-32)45-39-20-10-12-22-42(39)50-44-24-14-13-23-43(44)49(46(45)50)34-17-7-4-8-18-34/h3-9,11-19,21-31H,10,20H2,1-2H3. The van der Waals surface area contributed by atoms with Crippen molar-refractivity contribution in [2.24, 2.45) is 0 Å². The molecular weight excluding hydrogens is 607 g/mol. The number of nitrogens with zero attached hydrogens (tertiary/aromatic N) is 3. The first-order valence-corrected chi connectivity index (χ1v) is 17.7. The van der Waals surface area contributed by atoms with Crippen molar-refractivity contribution in [1.82, 2.24) is 8.97 Å². The third-order valence-electron chi connectivity index (χ3n) is 11.0. The molecule has 50 heavy (non-hydrogen) atoms. The topological polar surface area (TPSA) is 12.6 Å². The number of anilines is 3. The molecule has 3 nitrogen and oxygen atoms in total. The van der Waals surface area contributed by atoms with E-state index < -0.39 is 0 Å². The molecule has 0 aliphatic heterocycles. The Labute approximate surface area is 293 Å². The van der Waals surface area contributed by atoms with E-state index in [4.69, 9.17) is 0 Å². The van der Waals surface area contributed by atoms with Crippen LogP contribution in [0.1, 0.15) is 42.7 Å². The van der Waals surface area contributed by atoms with Gasteiger partial charge >= 0.3 is 0 Å². The summed E-state index contributed by atoms with van der Waals surface area (Å²) in [6.45, 7) is 4.74. The lowest BCUT2D eigenvalue weighted by molar-refractivity contribution is 0.660. The molecule has 2 aliphatic rings. The van der Waals surface area contributed by atoms with Crippen molar-refractivity contribution in [2.75, 3.05) is 4.90 Å². The van der Waals surface area contributed by atoms with Crippen molar-refractivity contribution in [1.29, 1.82) is 0 Å². The van der Waals surface area contributed by atoms with Gasteiger partial charge in [-0.05, 0) is 101 Å². The summed E-state index contributed by atoms with van der Waals surface area (Å²) in [7, 11) is 0. The number of aromatic nitrogens is 2. The number of hydrogen-bond acceptors (Lipinski definition) is 1. The van der Waals surface area contributed by atoms with Gasteiger partial charge in [-0.15, -0.1) is 0 Å². The van der Waals surface area contributed by atoms with Crippen LogP contribution in [0.3, 0.4) is 0 Å². The molecule has 0 saturated carbocycles. The second-order valence-corrected chi connectivity index (χ2v) is 14.1. The lowest BCUT2D eigenvalue weighted by atomic mass is 9.82. The Balaban J connectivity index is 1.29. The number of fused-ring (bicyclic) bond motifs is 8. The highest BCUT2D eigenvalue weighted by Crippen LogP contribution is 2.52. The van der Waals surface area contributed by atoms with Gasteiger partial charge in [-0.1, -0.05) is 123 Å². The van der Waals surface area contributed by atoms with E-state index in [2.05, 4.69) is 192 Å². The molecule has 10 rings (SSSR count). The Morgan fingerprint density at radius 3 is 2.02 bits per heavy atom. The highest BCUT2D eigenvalue weighted by Gasteiger charge is 2.37. The molecule has 0 atom stereocenters. The number of benzene rings is 6. The molecular formula is C47H37N3. The van der Waals surface area contributed by atoms with Gasteiger partial charge in [-0.2, -0.15) is 0 Å². The Kier molecular flexibility index (Phi) is 6.35. The van der Waals surface area contributed by atoms with Gasteiger partial charge in [0.2, 0.25) is 0 Å². The molecule has 240 valence electrons. The van der Waals surface area contributed by atoms with Crippen LogP contribution in [0.2, 0.25) is 0 Å². The predicted molar refractivity (Wildman–Crippen MR) is 209 cm³/mol. The number of allylic oxidation sites excluding steroid dienone is 1. The third-order valence-corrected chi connectivity index (χ3v) is 11.0. The minimum Gasteiger partial charge on any atom is -0.307 e. The minimum atomic E-state index is -0.109. The van der Waals surface area contributed by atoms with Gasteiger partial charge in [0.25, 0.3) is 0 Å². The largest absolute Gasteiger partial charge is 0.307 e. The average molecular weight is 644 g/mol. The highest BCUT2D eigenvalue weighted by molar-refractivity contribution is 5.99. The molecule has 0 unspecified atom stereocenters. The van der Waals surface area contributed by atoms with Gasteiger partial charge in [0, 0.05) is 28.0 Å². The molecule has 2 heterocycles. The molecule has 0 bridgehead atoms. The normalized spacial score (nSPS) is 14.1. The number of para-hydroxylation sites is 3. The lowest BCUT2D eigenvalue weighted by Crippen LogP contribution is -2.17. The van der Waals surface area contributed by atoms with Gasteiger partial charge in [0.05, 0.1) is 22.4 Å². The van der Waals surface area contributed by atoms with E-state index in [0.717, 1.165) is 24.2 Å². The highest BCUT2D eigenvalue weighted by atomic mass is 15.2. The smallest absolute Gasteiger partial charge is 0.148 e. The van der Waals surface area contributed by atoms with Crippen molar-refractivity contribution >= 4 is 39.8 Å². The van der Waals surface area contributed by atoms with Crippen LogP contribution in [0.25, 0.3) is 50.7 Å². The van der Waals surface area contributed by atoms with Crippen LogP contribution < -0.4 is 4.90 Å². The van der Waals surface area contributed by atoms with E-state index in [1.807, 2.05) is 0 Å². The van der Waals surface area contributed by atoms with Gasteiger partial charge in [0.15, 0.2) is 0 Å². The van der Waals surface area contributed by atoms with Gasteiger partial charge in [0.1, 0.15) is 5.65 Å². The maximum absolute atomic E-state index is 2.54. The second-order valence-electron chi connectivity index (χ2n) is 14.1. The van der Waals surface area contributed by atoms with E-state index in [1.165, 1.54) is 72.7 Å². The van der Waals surface area contributed by atoms with Gasteiger partial charge in [-0.25, -0.2) is 0 Å². The zero-order chi connectivity index (χ0) is 33.4. The van der Waals surface area contributed by atoms with Crippen LogP contribution in [0, 0.1) is 0 Å². The average Bonchev–Trinajstić information content (AvgIpc) is 3.76. The summed E-state index contributed by atoms with van der Waals surface area (Å²) in [5.41, 5.74) is 18.7. The lowest BCUT2D eigenvalue weighted by Gasteiger charge is -2.29. The van der Waals surface area contributed by atoms with Crippen LogP contribution in [-0.4, -0.2) is 8.97 Å². The molecule has 2 aliphatic carbocycles. The van der Waals surface area contributed by atoms with Crippen LogP contribution in [0.4, 0.5) is 17.1 Å². The fourth-order valence-corrected chi connectivity index (χ4v) is 8.61. The van der Waals surface area contributed by atoms with E-state index in [0.29, 0.717) is 0 Å². The van der Waals surface area contributed by atoms with Crippen LogP contribution in [0.5, 0.6) is 0 Å². The Morgan fingerprint density at radius 1 is 0.580 bits per heavy atom. The molecule has 0 saturated heterocycles. The molecule has 0 fully saturated rings. The molecule has 2 aromatic heterocycles. The maximum Gasteiger partial charge on any atom is 0.148 e. The van der Waals surface area contributed by atoms with E-state index in [-0.39, 0.29) is 5.41 Å². The van der Waals surface area contributed by atoms with Crippen LogP contribution in [-0.2, 0) is 11.8 Å². The van der Waals surface area contributed by atoms with Crippen molar-refractivity contribution in [3.63, 3.8) is 0 Å². The summed E-state index contributed by atoms with van der Waals surface area (Å²) in [5, 5.41) is 0. The summed E-state index contributed by atoms with van der Waals surface area (Å²) in [5.74, 6) is 0. The Morgan fingerprint density at radius 2 is 1.22 bits per heavy atom. The number of imidazole rings is 1. The Bertz CT molecular complexity index is 2600. The number of rotatable bonds is 5. The predicted octanol–water partition coefficient (Wildman–Crippen LogP) is 12.3. The van der Waals surface area contributed by atoms with E-state index in [9.17, 15) is 0 Å². The monoisotopic (exact) mass is 643 g/mol. The molecule has 8 aromatic rings. The molecule has 0 radical (unpaired) electrons. The molecule has 6 aromatic carbocycles. The van der Waals surface area contributed by atoms with Crippen LogP contribution in [0.15, 0.2) is 158 Å². The van der Waals surface area contributed by atoms with Crippen molar-refractivity contribution in [2.45, 2.75) is 32.1 Å². The van der Waals surface area contributed by atoms with E-state index >= 15 is 0 Å². The maximum atomic E-state index is 2.54.